The van der Waals surface area contributed by atoms with E-state index in [1.165, 1.54) is 0 Å². The van der Waals surface area contributed by atoms with E-state index in [0.29, 0.717) is 19.1 Å². The molecular formula is C15H21ClN2O2. The molecule has 0 N–H and O–H groups in total. The highest BCUT2D eigenvalue weighted by atomic mass is 35.5. The summed E-state index contributed by atoms with van der Waals surface area (Å²) >= 11 is 6.04. The number of hydrogen-bond donors (Lipinski definition) is 0. The lowest BCUT2D eigenvalue weighted by Gasteiger charge is -2.16. The Kier molecular flexibility index (Phi) is 5.26. The molecule has 1 heterocycles. The lowest BCUT2D eigenvalue weighted by atomic mass is 10.2. The summed E-state index contributed by atoms with van der Waals surface area (Å²) < 4.78 is 13.1. The number of fused-ring (bicyclic) bond motifs is 1. The zero-order chi connectivity index (χ0) is 14.5. The maximum Gasteiger partial charge on any atom is 0.147 e. The summed E-state index contributed by atoms with van der Waals surface area (Å²) in [4.78, 5) is 4.64. The van der Waals surface area contributed by atoms with Gasteiger partial charge in [-0.2, -0.15) is 0 Å². The van der Waals surface area contributed by atoms with Crippen LogP contribution in [0.1, 0.15) is 32.1 Å². The van der Waals surface area contributed by atoms with Crippen molar-refractivity contribution in [1.29, 1.82) is 0 Å². The number of halogens is 1. The van der Waals surface area contributed by atoms with Crippen molar-refractivity contribution in [3.63, 3.8) is 0 Å². The Morgan fingerprint density at radius 3 is 2.85 bits per heavy atom. The van der Waals surface area contributed by atoms with Crippen molar-refractivity contribution in [2.75, 3.05) is 20.3 Å². The minimum Gasteiger partial charge on any atom is -0.491 e. The van der Waals surface area contributed by atoms with E-state index >= 15 is 0 Å². The van der Waals surface area contributed by atoms with E-state index in [0.717, 1.165) is 29.0 Å². The van der Waals surface area contributed by atoms with Gasteiger partial charge in [-0.05, 0) is 25.5 Å². The fraction of sp³-hybridized carbons (Fsp3) is 0.533. The van der Waals surface area contributed by atoms with Crippen LogP contribution in [-0.4, -0.2) is 29.9 Å². The van der Waals surface area contributed by atoms with Gasteiger partial charge >= 0.3 is 0 Å². The summed E-state index contributed by atoms with van der Waals surface area (Å²) in [7, 11) is 1.70. The van der Waals surface area contributed by atoms with Crippen LogP contribution in [0.25, 0.3) is 11.0 Å². The van der Waals surface area contributed by atoms with Crippen LogP contribution in [0.5, 0.6) is 5.75 Å². The largest absolute Gasteiger partial charge is 0.491 e. The third-order valence-corrected chi connectivity index (χ3v) is 3.43. The first-order valence-corrected chi connectivity index (χ1v) is 7.43. The van der Waals surface area contributed by atoms with Gasteiger partial charge < -0.3 is 14.0 Å². The van der Waals surface area contributed by atoms with E-state index in [-0.39, 0.29) is 6.04 Å². The summed E-state index contributed by atoms with van der Waals surface area (Å²) in [6.07, 6.45) is 0.972. The summed E-state index contributed by atoms with van der Waals surface area (Å²) in [5.41, 5.74) is 1.92. The molecule has 2 aromatic rings. The van der Waals surface area contributed by atoms with Crippen LogP contribution in [-0.2, 0) is 10.6 Å². The molecular weight excluding hydrogens is 276 g/mol. The summed E-state index contributed by atoms with van der Waals surface area (Å²) in [6, 6.07) is 6.17. The zero-order valence-corrected chi connectivity index (χ0v) is 13.0. The number of methoxy groups -OCH3 is 1. The van der Waals surface area contributed by atoms with Gasteiger partial charge in [-0.25, -0.2) is 4.98 Å². The summed E-state index contributed by atoms with van der Waals surface area (Å²) in [5.74, 6) is 2.04. The highest BCUT2D eigenvalue weighted by Crippen LogP contribution is 2.29. The van der Waals surface area contributed by atoms with E-state index in [9.17, 15) is 0 Å². The van der Waals surface area contributed by atoms with Crippen molar-refractivity contribution in [3.8, 4) is 5.75 Å². The molecule has 0 aliphatic rings. The SMILES string of the molecule is CCCOc1cccc2c1nc(CCl)n2C(C)COC. The van der Waals surface area contributed by atoms with Crippen molar-refractivity contribution < 1.29 is 9.47 Å². The molecule has 0 amide bonds. The van der Waals surface area contributed by atoms with Gasteiger partial charge in [0.05, 0.1) is 30.7 Å². The molecule has 110 valence electrons. The van der Waals surface area contributed by atoms with Gasteiger partial charge in [-0.3, -0.25) is 0 Å². The first-order chi connectivity index (χ1) is 9.72. The normalized spacial score (nSPS) is 12.8. The van der Waals surface area contributed by atoms with Crippen LogP contribution in [0.2, 0.25) is 0 Å². The summed E-state index contributed by atoms with van der Waals surface area (Å²) in [6.45, 7) is 5.50. The van der Waals surface area contributed by atoms with Gasteiger partial charge in [-0.15, -0.1) is 11.6 Å². The second kappa shape index (κ2) is 6.95. The number of rotatable bonds is 7. The molecule has 0 aliphatic carbocycles. The molecule has 0 radical (unpaired) electrons. The van der Waals surface area contributed by atoms with Crippen molar-refractivity contribution in [1.82, 2.24) is 9.55 Å². The average Bonchev–Trinajstić information content (AvgIpc) is 2.84. The first-order valence-electron chi connectivity index (χ1n) is 6.90. The topological polar surface area (TPSA) is 36.3 Å². The molecule has 4 nitrogen and oxygen atoms in total. The fourth-order valence-corrected chi connectivity index (χ4v) is 2.56. The Morgan fingerprint density at radius 2 is 2.20 bits per heavy atom. The number of alkyl halides is 1. The molecule has 0 spiro atoms. The summed E-state index contributed by atoms with van der Waals surface area (Å²) in [5, 5.41) is 0. The zero-order valence-electron chi connectivity index (χ0n) is 12.2. The van der Waals surface area contributed by atoms with Crippen molar-refractivity contribution >= 4 is 22.6 Å². The van der Waals surface area contributed by atoms with Crippen LogP contribution in [0.3, 0.4) is 0 Å². The molecule has 1 aromatic heterocycles. The Labute approximate surface area is 124 Å². The van der Waals surface area contributed by atoms with Crippen LogP contribution in [0, 0.1) is 0 Å². The van der Waals surface area contributed by atoms with E-state index in [2.05, 4.69) is 23.4 Å². The molecule has 5 heteroatoms. The molecule has 1 aromatic carbocycles. The van der Waals surface area contributed by atoms with Crippen molar-refractivity contribution in [3.05, 3.63) is 24.0 Å². The molecule has 0 saturated heterocycles. The minimum absolute atomic E-state index is 0.181. The lowest BCUT2D eigenvalue weighted by Crippen LogP contribution is -2.13. The van der Waals surface area contributed by atoms with E-state index < -0.39 is 0 Å². The van der Waals surface area contributed by atoms with E-state index in [4.69, 9.17) is 21.1 Å². The predicted molar refractivity (Wildman–Crippen MR) is 81.7 cm³/mol. The number of imidazole rings is 1. The minimum atomic E-state index is 0.181. The number of hydrogen-bond acceptors (Lipinski definition) is 3. The Bertz CT molecular complexity index is 568. The van der Waals surface area contributed by atoms with Gasteiger partial charge in [-0.1, -0.05) is 13.0 Å². The van der Waals surface area contributed by atoms with Crippen LogP contribution in [0.4, 0.5) is 0 Å². The number of para-hydroxylation sites is 1. The third-order valence-electron chi connectivity index (χ3n) is 3.19. The van der Waals surface area contributed by atoms with Gasteiger partial charge in [0.1, 0.15) is 17.1 Å². The van der Waals surface area contributed by atoms with Gasteiger partial charge in [0.15, 0.2) is 0 Å². The standard InChI is InChI=1S/C15H21ClN2O2/c1-4-8-20-13-7-5-6-12-15(13)17-14(9-16)18(12)11(2)10-19-3/h5-7,11H,4,8-10H2,1-3H3. The van der Waals surface area contributed by atoms with Crippen molar-refractivity contribution in [2.45, 2.75) is 32.2 Å². The van der Waals surface area contributed by atoms with Crippen LogP contribution < -0.4 is 4.74 Å². The molecule has 20 heavy (non-hydrogen) atoms. The van der Waals surface area contributed by atoms with Gasteiger partial charge in [0.25, 0.3) is 0 Å². The quantitative estimate of drug-likeness (QED) is 0.730. The second-order valence-corrected chi connectivity index (χ2v) is 5.08. The number of nitrogens with zero attached hydrogens (tertiary/aromatic N) is 2. The lowest BCUT2D eigenvalue weighted by molar-refractivity contribution is 0.163. The van der Waals surface area contributed by atoms with Gasteiger partial charge in [0.2, 0.25) is 0 Å². The van der Waals surface area contributed by atoms with E-state index in [1.54, 1.807) is 7.11 Å². The number of benzene rings is 1. The molecule has 0 saturated carbocycles. The maximum atomic E-state index is 6.04. The third kappa shape index (κ3) is 2.91. The molecule has 0 fully saturated rings. The maximum absolute atomic E-state index is 6.04. The highest BCUT2D eigenvalue weighted by Gasteiger charge is 2.17. The molecule has 2 rings (SSSR count). The predicted octanol–water partition coefficient (Wildman–Crippen LogP) is 3.77. The number of aromatic nitrogens is 2. The fourth-order valence-electron chi connectivity index (χ4n) is 2.37. The highest BCUT2D eigenvalue weighted by molar-refractivity contribution is 6.16. The Hall–Kier alpha value is -1.26. The Balaban J connectivity index is 2.50. The van der Waals surface area contributed by atoms with Crippen LogP contribution >= 0.6 is 11.6 Å². The average molecular weight is 297 g/mol. The van der Waals surface area contributed by atoms with E-state index in [1.807, 2.05) is 18.2 Å². The smallest absolute Gasteiger partial charge is 0.147 e. The monoisotopic (exact) mass is 296 g/mol. The van der Waals surface area contributed by atoms with Crippen LogP contribution in [0.15, 0.2) is 18.2 Å². The second-order valence-electron chi connectivity index (χ2n) is 4.81. The molecule has 1 unspecified atom stereocenters. The molecule has 0 aliphatic heterocycles. The Morgan fingerprint density at radius 1 is 1.40 bits per heavy atom. The first kappa shape index (κ1) is 15.1. The van der Waals surface area contributed by atoms with Crippen molar-refractivity contribution in [2.24, 2.45) is 0 Å². The van der Waals surface area contributed by atoms with Gasteiger partial charge in [0, 0.05) is 7.11 Å². The number of ether oxygens (including phenoxy) is 2. The molecule has 1 atom stereocenters. The molecule has 0 bridgehead atoms.